The van der Waals surface area contributed by atoms with E-state index in [1.807, 2.05) is 0 Å². The second kappa shape index (κ2) is 5.14. The van der Waals surface area contributed by atoms with Crippen LogP contribution in [0.15, 0.2) is 42.5 Å². The third-order valence-corrected chi connectivity index (χ3v) is 2.52. The molecule has 0 aromatic heterocycles. The van der Waals surface area contributed by atoms with Gasteiger partial charge in [0.2, 0.25) is 0 Å². The fourth-order valence-electron chi connectivity index (χ4n) is 1.51. The highest BCUT2D eigenvalue weighted by Crippen LogP contribution is 2.26. The molecule has 0 aliphatic heterocycles. The molecule has 0 bridgehead atoms. The van der Waals surface area contributed by atoms with Gasteiger partial charge in [0, 0.05) is 6.04 Å². The van der Waals surface area contributed by atoms with Crippen molar-refractivity contribution in [3.8, 4) is 11.5 Å². The van der Waals surface area contributed by atoms with Crippen LogP contribution < -0.4 is 10.5 Å². The Morgan fingerprint density at radius 3 is 2.28 bits per heavy atom. The molecule has 0 aliphatic rings. The first-order valence-corrected chi connectivity index (χ1v) is 5.54. The van der Waals surface area contributed by atoms with Crippen molar-refractivity contribution in [1.82, 2.24) is 0 Å². The molecule has 2 rings (SSSR count). The van der Waals surface area contributed by atoms with Crippen LogP contribution in [-0.4, -0.2) is 0 Å². The van der Waals surface area contributed by atoms with Crippen molar-refractivity contribution >= 4 is 0 Å². The molecular formula is C14H13F2NO. The average molecular weight is 249 g/mol. The predicted molar refractivity (Wildman–Crippen MR) is 65.5 cm³/mol. The summed E-state index contributed by atoms with van der Waals surface area (Å²) in [6.07, 6.45) is 0. The summed E-state index contributed by atoms with van der Waals surface area (Å²) in [4.78, 5) is 0. The molecule has 0 unspecified atom stereocenters. The van der Waals surface area contributed by atoms with Gasteiger partial charge in [-0.25, -0.2) is 8.78 Å². The highest BCUT2D eigenvalue weighted by molar-refractivity contribution is 5.35. The van der Waals surface area contributed by atoms with Crippen molar-refractivity contribution in [3.63, 3.8) is 0 Å². The third kappa shape index (κ3) is 2.84. The maximum absolute atomic E-state index is 13.7. The van der Waals surface area contributed by atoms with Crippen molar-refractivity contribution in [2.45, 2.75) is 13.0 Å². The van der Waals surface area contributed by atoms with Gasteiger partial charge in [0.05, 0.1) is 0 Å². The highest BCUT2D eigenvalue weighted by Gasteiger charge is 2.08. The van der Waals surface area contributed by atoms with Gasteiger partial charge in [-0.15, -0.1) is 0 Å². The Morgan fingerprint density at radius 2 is 1.72 bits per heavy atom. The van der Waals surface area contributed by atoms with Gasteiger partial charge < -0.3 is 10.5 Å². The van der Waals surface area contributed by atoms with E-state index in [-0.39, 0.29) is 17.6 Å². The van der Waals surface area contributed by atoms with Crippen molar-refractivity contribution in [1.29, 1.82) is 0 Å². The van der Waals surface area contributed by atoms with Crippen LogP contribution in [0.5, 0.6) is 11.5 Å². The van der Waals surface area contributed by atoms with E-state index in [0.29, 0.717) is 11.3 Å². The van der Waals surface area contributed by atoms with E-state index in [9.17, 15) is 8.78 Å². The second-order valence-electron chi connectivity index (χ2n) is 4.03. The molecular weight excluding hydrogens is 236 g/mol. The van der Waals surface area contributed by atoms with E-state index in [1.54, 1.807) is 13.0 Å². The lowest BCUT2D eigenvalue weighted by molar-refractivity contribution is 0.440. The topological polar surface area (TPSA) is 35.2 Å². The van der Waals surface area contributed by atoms with Crippen LogP contribution in [0.2, 0.25) is 0 Å². The maximum Gasteiger partial charge on any atom is 0.166 e. The minimum absolute atomic E-state index is 0.0889. The summed E-state index contributed by atoms with van der Waals surface area (Å²) in [5.74, 6) is -0.390. The SMILES string of the molecule is C[C@H](N)c1ccc(Oc2ccc(F)cc2)c(F)c1. The Bertz CT molecular complexity index is 538. The van der Waals surface area contributed by atoms with Gasteiger partial charge in [0.25, 0.3) is 0 Å². The van der Waals surface area contributed by atoms with Gasteiger partial charge in [-0.3, -0.25) is 0 Å². The maximum atomic E-state index is 13.7. The van der Waals surface area contributed by atoms with Crippen LogP contribution in [0.3, 0.4) is 0 Å². The van der Waals surface area contributed by atoms with Gasteiger partial charge in [-0.05, 0) is 48.9 Å². The van der Waals surface area contributed by atoms with Crippen LogP contribution in [0.1, 0.15) is 18.5 Å². The van der Waals surface area contributed by atoms with Gasteiger partial charge >= 0.3 is 0 Å². The number of ether oxygens (including phenoxy) is 1. The molecule has 2 aromatic rings. The molecule has 0 fully saturated rings. The molecule has 0 saturated heterocycles. The monoisotopic (exact) mass is 249 g/mol. The van der Waals surface area contributed by atoms with Crippen LogP contribution in [0.4, 0.5) is 8.78 Å². The van der Waals surface area contributed by atoms with E-state index >= 15 is 0 Å². The van der Waals surface area contributed by atoms with E-state index in [1.165, 1.54) is 36.4 Å². The number of hydrogen-bond donors (Lipinski definition) is 1. The smallest absolute Gasteiger partial charge is 0.166 e. The average Bonchev–Trinajstić information content (AvgIpc) is 2.34. The lowest BCUT2D eigenvalue weighted by Crippen LogP contribution is -2.05. The lowest BCUT2D eigenvalue weighted by atomic mass is 10.1. The Kier molecular flexibility index (Phi) is 3.58. The Labute approximate surface area is 104 Å². The van der Waals surface area contributed by atoms with Crippen LogP contribution in [-0.2, 0) is 0 Å². The van der Waals surface area contributed by atoms with Crippen molar-refractivity contribution in [3.05, 3.63) is 59.7 Å². The van der Waals surface area contributed by atoms with Crippen molar-refractivity contribution in [2.75, 3.05) is 0 Å². The normalized spacial score (nSPS) is 12.2. The number of nitrogens with two attached hydrogens (primary N) is 1. The molecule has 0 radical (unpaired) electrons. The first-order chi connectivity index (χ1) is 8.56. The van der Waals surface area contributed by atoms with Crippen LogP contribution in [0.25, 0.3) is 0 Å². The summed E-state index contributed by atoms with van der Waals surface area (Å²) in [7, 11) is 0. The number of hydrogen-bond acceptors (Lipinski definition) is 2. The molecule has 2 N–H and O–H groups in total. The summed E-state index contributed by atoms with van der Waals surface area (Å²) in [6, 6.07) is 9.70. The summed E-state index contributed by atoms with van der Waals surface area (Å²) in [5, 5.41) is 0. The first-order valence-electron chi connectivity index (χ1n) is 5.54. The number of halogens is 2. The van der Waals surface area contributed by atoms with Gasteiger partial charge in [-0.2, -0.15) is 0 Å². The fourth-order valence-corrected chi connectivity index (χ4v) is 1.51. The molecule has 0 saturated carbocycles. The number of benzene rings is 2. The fraction of sp³-hybridized carbons (Fsp3) is 0.143. The van der Waals surface area contributed by atoms with Gasteiger partial charge in [0.15, 0.2) is 11.6 Å². The lowest BCUT2D eigenvalue weighted by Gasteiger charge is -2.10. The third-order valence-electron chi connectivity index (χ3n) is 2.52. The van der Waals surface area contributed by atoms with E-state index < -0.39 is 5.82 Å². The largest absolute Gasteiger partial charge is 0.454 e. The molecule has 2 aromatic carbocycles. The predicted octanol–water partition coefficient (Wildman–Crippen LogP) is 3.78. The Balaban J connectivity index is 2.22. The highest BCUT2D eigenvalue weighted by atomic mass is 19.1. The minimum Gasteiger partial charge on any atom is -0.454 e. The zero-order chi connectivity index (χ0) is 13.1. The zero-order valence-electron chi connectivity index (χ0n) is 9.86. The van der Waals surface area contributed by atoms with Gasteiger partial charge in [-0.1, -0.05) is 6.07 Å². The molecule has 1 atom stereocenters. The first kappa shape index (κ1) is 12.5. The van der Waals surface area contributed by atoms with Crippen molar-refractivity contribution < 1.29 is 13.5 Å². The molecule has 94 valence electrons. The Morgan fingerprint density at radius 1 is 1.06 bits per heavy atom. The molecule has 2 nitrogen and oxygen atoms in total. The van der Waals surface area contributed by atoms with E-state index in [4.69, 9.17) is 10.5 Å². The Hall–Kier alpha value is -1.94. The molecule has 0 amide bonds. The quantitative estimate of drug-likeness (QED) is 0.898. The molecule has 0 aliphatic carbocycles. The second-order valence-corrected chi connectivity index (χ2v) is 4.03. The summed E-state index contributed by atoms with van der Waals surface area (Å²) in [6.45, 7) is 1.77. The summed E-state index contributed by atoms with van der Waals surface area (Å²) in [5.41, 5.74) is 6.35. The van der Waals surface area contributed by atoms with E-state index in [2.05, 4.69) is 0 Å². The molecule has 0 heterocycles. The summed E-state index contributed by atoms with van der Waals surface area (Å²) >= 11 is 0. The van der Waals surface area contributed by atoms with Crippen LogP contribution >= 0.6 is 0 Å². The molecule has 4 heteroatoms. The van der Waals surface area contributed by atoms with Gasteiger partial charge in [0.1, 0.15) is 11.6 Å². The minimum atomic E-state index is -0.492. The zero-order valence-corrected chi connectivity index (χ0v) is 9.86. The van der Waals surface area contributed by atoms with E-state index in [0.717, 1.165) is 0 Å². The van der Waals surface area contributed by atoms with Crippen LogP contribution in [0, 0.1) is 11.6 Å². The standard InChI is InChI=1S/C14H13F2NO/c1-9(17)10-2-7-14(13(16)8-10)18-12-5-3-11(15)4-6-12/h2-9H,17H2,1H3/t9-/m0/s1. The number of rotatable bonds is 3. The molecule has 0 spiro atoms. The summed E-state index contributed by atoms with van der Waals surface area (Å²) < 4.78 is 31.7. The molecule has 18 heavy (non-hydrogen) atoms. The van der Waals surface area contributed by atoms with Crippen molar-refractivity contribution in [2.24, 2.45) is 5.73 Å².